The maximum Gasteiger partial charge on any atom is 0.228 e. The van der Waals surface area contributed by atoms with Gasteiger partial charge < -0.3 is 0 Å². The van der Waals surface area contributed by atoms with Gasteiger partial charge in [-0.3, -0.25) is 0 Å². The van der Waals surface area contributed by atoms with Crippen LogP contribution in [0.4, 0.5) is 0 Å². The van der Waals surface area contributed by atoms with Crippen LogP contribution in [0.25, 0.3) is 5.82 Å². The number of aromatic nitrogens is 6. The van der Waals surface area contributed by atoms with Gasteiger partial charge in [-0.25, -0.2) is 9.97 Å². The van der Waals surface area contributed by atoms with Gasteiger partial charge in [0, 0.05) is 12.3 Å². The smallest absolute Gasteiger partial charge is 0.228 e. The molecule has 0 saturated heterocycles. The minimum atomic E-state index is 0.602. The average Bonchev–Trinajstić information content (AvgIpc) is 2.58. The lowest BCUT2D eigenvalue weighted by Crippen LogP contribution is -1.98. The van der Waals surface area contributed by atoms with Gasteiger partial charge >= 0.3 is 0 Å². The van der Waals surface area contributed by atoms with Crippen molar-refractivity contribution in [2.45, 2.75) is 0 Å². The van der Waals surface area contributed by atoms with Crippen LogP contribution in [0.1, 0.15) is 0 Å². The first-order chi connectivity index (χ1) is 5.47. The third kappa shape index (κ3) is 1.05. The van der Waals surface area contributed by atoms with Crippen molar-refractivity contribution < 1.29 is 0 Å². The SMILES string of the molecule is [c]1nnnn1-c1ccncn1. The molecule has 0 spiro atoms. The van der Waals surface area contributed by atoms with E-state index in [9.17, 15) is 0 Å². The Morgan fingerprint density at radius 2 is 2.45 bits per heavy atom. The summed E-state index contributed by atoms with van der Waals surface area (Å²) in [6.07, 6.45) is 5.54. The molecule has 1 radical (unpaired) electrons. The monoisotopic (exact) mass is 147 g/mol. The minimum absolute atomic E-state index is 0.602. The summed E-state index contributed by atoms with van der Waals surface area (Å²) in [5.74, 6) is 0.602. The van der Waals surface area contributed by atoms with Gasteiger partial charge in [0.2, 0.25) is 6.33 Å². The first kappa shape index (κ1) is 5.90. The minimum Gasteiger partial charge on any atom is -0.245 e. The van der Waals surface area contributed by atoms with Crippen molar-refractivity contribution in [2.75, 3.05) is 0 Å². The summed E-state index contributed by atoms with van der Waals surface area (Å²) in [6, 6.07) is 1.69. The zero-order chi connectivity index (χ0) is 7.52. The Balaban J connectivity index is 2.46. The summed E-state index contributed by atoms with van der Waals surface area (Å²) in [4.78, 5) is 7.65. The lowest BCUT2D eigenvalue weighted by molar-refractivity contribution is 0.765. The van der Waals surface area contributed by atoms with Crippen molar-refractivity contribution in [1.29, 1.82) is 0 Å². The van der Waals surface area contributed by atoms with Crippen LogP contribution in [-0.2, 0) is 0 Å². The molecule has 0 atom stereocenters. The van der Waals surface area contributed by atoms with E-state index in [4.69, 9.17) is 0 Å². The second kappa shape index (κ2) is 2.41. The predicted octanol–water partition coefficient (Wildman–Crippen LogP) is -0.748. The molecule has 2 aromatic rings. The molecule has 11 heavy (non-hydrogen) atoms. The molecular formula is C5H3N6. The lowest BCUT2D eigenvalue weighted by atomic mass is 10.6. The number of rotatable bonds is 1. The van der Waals surface area contributed by atoms with Crippen molar-refractivity contribution >= 4 is 0 Å². The summed E-state index contributed by atoms with van der Waals surface area (Å²) >= 11 is 0. The van der Waals surface area contributed by atoms with Gasteiger partial charge in [0.05, 0.1) is 0 Å². The van der Waals surface area contributed by atoms with Gasteiger partial charge in [-0.1, -0.05) is 0 Å². The molecule has 6 heteroatoms. The van der Waals surface area contributed by atoms with Gasteiger partial charge in [0.25, 0.3) is 0 Å². The number of tetrazole rings is 1. The summed E-state index contributed by atoms with van der Waals surface area (Å²) in [5.41, 5.74) is 0. The molecule has 6 nitrogen and oxygen atoms in total. The zero-order valence-corrected chi connectivity index (χ0v) is 5.42. The van der Waals surface area contributed by atoms with Crippen molar-refractivity contribution in [3.05, 3.63) is 24.9 Å². The fourth-order valence-corrected chi connectivity index (χ4v) is 0.648. The van der Waals surface area contributed by atoms with Gasteiger partial charge in [-0.2, -0.15) is 4.68 Å². The largest absolute Gasteiger partial charge is 0.245 e. The molecule has 0 bridgehead atoms. The van der Waals surface area contributed by atoms with E-state index in [1.807, 2.05) is 0 Å². The highest BCUT2D eigenvalue weighted by atomic mass is 15.5. The molecule has 0 aromatic carbocycles. The summed E-state index contributed by atoms with van der Waals surface area (Å²) in [6.45, 7) is 0. The van der Waals surface area contributed by atoms with Gasteiger partial charge in [-0.15, -0.1) is 5.10 Å². The Kier molecular flexibility index (Phi) is 1.29. The van der Waals surface area contributed by atoms with E-state index in [0.29, 0.717) is 5.82 Å². The van der Waals surface area contributed by atoms with E-state index < -0.39 is 0 Å². The molecule has 2 heterocycles. The molecule has 2 rings (SSSR count). The molecule has 2 aromatic heterocycles. The van der Waals surface area contributed by atoms with E-state index >= 15 is 0 Å². The summed E-state index contributed by atoms with van der Waals surface area (Å²) < 4.78 is 1.34. The molecule has 0 aliphatic rings. The molecule has 0 saturated carbocycles. The number of nitrogens with zero attached hydrogens (tertiary/aromatic N) is 6. The average molecular weight is 147 g/mol. The second-order valence-corrected chi connectivity index (χ2v) is 1.76. The van der Waals surface area contributed by atoms with Gasteiger partial charge in [0.15, 0.2) is 5.82 Å². The van der Waals surface area contributed by atoms with E-state index in [1.54, 1.807) is 12.3 Å². The Morgan fingerprint density at radius 1 is 1.45 bits per heavy atom. The highest BCUT2D eigenvalue weighted by Gasteiger charge is 1.96. The second-order valence-electron chi connectivity index (χ2n) is 1.76. The maximum absolute atomic E-state index is 3.90. The number of hydrogen-bond acceptors (Lipinski definition) is 5. The molecule has 0 N–H and O–H groups in total. The van der Waals surface area contributed by atoms with Crippen molar-refractivity contribution in [2.24, 2.45) is 0 Å². The molecule has 0 unspecified atom stereocenters. The Bertz CT molecular complexity index is 314. The van der Waals surface area contributed by atoms with E-state index in [2.05, 4.69) is 31.8 Å². The lowest BCUT2D eigenvalue weighted by Gasteiger charge is -1.92. The van der Waals surface area contributed by atoms with Crippen LogP contribution in [-0.4, -0.2) is 30.2 Å². The Labute approximate surface area is 61.9 Å². The van der Waals surface area contributed by atoms with Crippen LogP contribution in [0.15, 0.2) is 18.6 Å². The van der Waals surface area contributed by atoms with Gasteiger partial charge in [0.1, 0.15) is 6.33 Å². The summed E-state index contributed by atoms with van der Waals surface area (Å²) in [7, 11) is 0. The third-order valence-electron chi connectivity index (χ3n) is 1.10. The highest BCUT2D eigenvalue weighted by Crippen LogP contribution is 1.94. The van der Waals surface area contributed by atoms with E-state index in [0.717, 1.165) is 0 Å². The normalized spacial score (nSPS) is 9.82. The fourth-order valence-electron chi connectivity index (χ4n) is 0.648. The van der Waals surface area contributed by atoms with Crippen LogP contribution in [0.3, 0.4) is 0 Å². The first-order valence-electron chi connectivity index (χ1n) is 2.89. The van der Waals surface area contributed by atoms with Crippen LogP contribution >= 0.6 is 0 Å². The quantitative estimate of drug-likeness (QED) is 0.531. The number of hydrogen-bond donors (Lipinski definition) is 0. The zero-order valence-electron chi connectivity index (χ0n) is 5.42. The predicted molar refractivity (Wildman–Crippen MR) is 33.6 cm³/mol. The molecule has 0 aliphatic heterocycles. The summed E-state index contributed by atoms with van der Waals surface area (Å²) in [5, 5.41) is 10.4. The van der Waals surface area contributed by atoms with Crippen molar-refractivity contribution in [1.82, 2.24) is 30.2 Å². The molecular weight excluding hydrogens is 144 g/mol. The van der Waals surface area contributed by atoms with E-state index in [1.165, 1.54) is 11.0 Å². The molecule has 53 valence electrons. The Hall–Kier alpha value is -1.85. The first-order valence-corrected chi connectivity index (χ1v) is 2.89. The fraction of sp³-hybridized carbons (Fsp3) is 0. The molecule has 0 aliphatic carbocycles. The van der Waals surface area contributed by atoms with Crippen molar-refractivity contribution in [3.8, 4) is 5.82 Å². The van der Waals surface area contributed by atoms with Crippen molar-refractivity contribution in [3.63, 3.8) is 0 Å². The van der Waals surface area contributed by atoms with E-state index in [-0.39, 0.29) is 0 Å². The van der Waals surface area contributed by atoms with Gasteiger partial charge in [-0.05, 0) is 10.4 Å². The van der Waals surface area contributed by atoms with Crippen LogP contribution in [0.2, 0.25) is 0 Å². The Morgan fingerprint density at radius 3 is 3.09 bits per heavy atom. The molecule has 0 fully saturated rings. The maximum atomic E-state index is 3.90. The molecule has 0 amide bonds. The topological polar surface area (TPSA) is 69.4 Å². The van der Waals surface area contributed by atoms with Crippen LogP contribution in [0.5, 0.6) is 0 Å². The standard InChI is InChI=1S/C5H3N6/c1-2-6-3-7-5(1)11-4-8-9-10-11/h1-3H. The van der Waals surface area contributed by atoms with Crippen LogP contribution in [0, 0.1) is 6.33 Å². The third-order valence-corrected chi connectivity index (χ3v) is 1.10. The van der Waals surface area contributed by atoms with Crippen LogP contribution < -0.4 is 0 Å². The highest BCUT2D eigenvalue weighted by molar-refractivity contribution is 5.14.